The summed E-state index contributed by atoms with van der Waals surface area (Å²) in [5.41, 5.74) is 2.51. The van der Waals surface area contributed by atoms with E-state index in [1.54, 1.807) is 0 Å². The van der Waals surface area contributed by atoms with E-state index in [0.29, 0.717) is 18.8 Å². The van der Waals surface area contributed by atoms with E-state index < -0.39 is 22.1 Å². The van der Waals surface area contributed by atoms with Gasteiger partial charge in [0.1, 0.15) is 27.6 Å². The third-order valence-corrected chi connectivity index (χ3v) is 6.70. The third-order valence-electron chi connectivity index (χ3n) is 5.70. The fourth-order valence-electron chi connectivity index (χ4n) is 3.88. The van der Waals surface area contributed by atoms with Gasteiger partial charge in [-0.15, -0.1) is 0 Å². The molecular formula is C25H37N3O5S. The molecule has 188 valence electrons. The lowest BCUT2D eigenvalue weighted by atomic mass is 10.1. The Morgan fingerprint density at radius 2 is 1.71 bits per heavy atom. The molecule has 8 nitrogen and oxygen atoms in total. The fraction of sp³-hybridized carbons (Fsp3) is 0.520. The number of hydrogen-bond acceptors (Lipinski definition) is 8. The molecule has 1 saturated heterocycles. The number of aliphatic hydroxyl groups excluding tert-OH is 1. The molecule has 1 heterocycles. The minimum atomic E-state index is -3.20. The number of aliphatic hydroxyl groups is 1. The smallest absolute Gasteiger partial charge is 0.150 e. The van der Waals surface area contributed by atoms with Crippen LogP contribution in [0.25, 0.3) is 0 Å². The van der Waals surface area contributed by atoms with Gasteiger partial charge in [0, 0.05) is 50.6 Å². The molecule has 0 aliphatic carbocycles. The number of rotatable bonds is 13. The van der Waals surface area contributed by atoms with Crippen LogP contribution in [0.15, 0.2) is 48.5 Å². The van der Waals surface area contributed by atoms with Crippen LogP contribution in [0.4, 0.5) is 5.69 Å². The van der Waals surface area contributed by atoms with E-state index >= 15 is 0 Å². The Bertz CT molecular complexity index is 961. The van der Waals surface area contributed by atoms with Crippen LogP contribution in [-0.4, -0.2) is 77.2 Å². The average Bonchev–Trinajstić information content (AvgIpc) is 2.84. The van der Waals surface area contributed by atoms with Crippen molar-refractivity contribution in [3.63, 3.8) is 0 Å². The van der Waals surface area contributed by atoms with Crippen molar-refractivity contribution in [2.75, 3.05) is 56.3 Å². The van der Waals surface area contributed by atoms with Crippen molar-refractivity contribution in [1.29, 1.82) is 0 Å². The maximum Gasteiger partial charge on any atom is 0.150 e. The van der Waals surface area contributed by atoms with Crippen molar-refractivity contribution in [2.45, 2.75) is 32.0 Å². The second-order valence-electron chi connectivity index (χ2n) is 8.63. The first kappa shape index (κ1) is 26.3. The number of ether oxygens (including phenoxy) is 2. The van der Waals surface area contributed by atoms with Gasteiger partial charge in [-0.2, -0.15) is 0 Å². The summed E-state index contributed by atoms with van der Waals surface area (Å²) in [7, 11) is -3.20. The lowest BCUT2D eigenvalue weighted by Crippen LogP contribution is -2.46. The van der Waals surface area contributed by atoms with Crippen molar-refractivity contribution in [3.8, 4) is 11.5 Å². The number of sulfone groups is 1. The molecule has 2 aromatic carbocycles. The Morgan fingerprint density at radius 1 is 1.06 bits per heavy atom. The van der Waals surface area contributed by atoms with Crippen LogP contribution >= 0.6 is 0 Å². The molecule has 2 aromatic rings. The molecule has 9 heteroatoms. The van der Waals surface area contributed by atoms with Crippen LogP contribution in [0, 0.1) is 0 Å². The van der Waals surface area contributed by atoms with Gasteiger partial charge in [0.05, 0.1) is 19.0 Å². The van der Waals surface area contributed by atoms with Crippen LogP contribution in [0.3, 0.4) is 0 Å². The van der Waals surface area contributed by atoms with Crippen LogP contribution < -0.4 is 25.0 Å². The topological polar surface area (TPSA) is 100 Å². The maximum absolute atomic E-state index is 11.5. The highest BCUT2D eigenvalue weighted by atomic mass is 32.2. The molecule has 0 spiro atoms. The quantitative estimate of drug-likeness (QED) is 0.365. The normalized spacial score (nSPS) is 16.1. The van der Waals surface area contributed by atoms with Gasteiger partial charge in [0.2, 0.25) is 0 Å². The molecule has 1 aliphatic heterocycles. The second-order valence-corrected chi connectivity index (χ2v) is 10.8. The Hall–Kier alpha value is -2.33. The van der Waals surface area contributed by atoms with E-state index in [-0.39, 0.29) is 12.4 Å². The highest BCUT2D eigenvalue weighted by Crippen LogP contribution is 2.20. The molecule has 1 aliphatic rings. The molecule has 0 saturated carbocycles. The Labute approximate surface area is 203 Å². The number of anilines is 1. The van der Waals surface area contributed by atoms with Crippen LogP contribution in [0.2, 0.25) is 0 Å². The zero-order chi connectivity index (χ0) is 24.4. The van der Waals surface area contributed by atoms with Crippen molar-refractivity contribution in [2.24, 2.45) is 0 Å². The zero-order valence-electron chi connectivity index (χ0n) is 20.1. The van der Waals surface area contributed by atoms with E-state index in [4.69, 9.17) is 9.47 Å². The van der Waals surface area contributed by atoms with Crippen molar-refractivity contribution < 1.29 is 23.0 Å². The lowest BCUT2D eigenvalue weighted by molar-refractivity contribution is 0.127. The summed E-state index contributed by atoms with van der Waals surface area (Å²) in [6.07, 6.45) is 2.19. The SMILES string of the molecule is CC[C@@H](N[C@@H](CO)CS(C)(=O)=O)Oc1ccc(OCCc2ccc(N3CCNCC3)cc2)cc1. The zero-order valence-corrected chi connectivity index (χ0v) is 20.9. The summed E-state index contributed by atoms with van der Waals surface area (Å²) in [5.74, 6) is 1.26. The predicted octanol–water partition coefficient (Wildman–Crippen LogP) is 1.83. The number of hydrogen-bond donors (Lipinski definition) is 3. The monoisotopic (exact) mass is 491 g/mol. The summed E-state index contributed by atoms with van der Waals surface area (Å²) in [6.45, 7) is 6.37. The number of piperazine rings is 1. The van der Waals surface area contributed by atoms with E-state index in [1.165, 1.54) is 11.3 Å². The van der Waals surface area contributed by atoms with Crippen LogP contribution in [0.1, 0.15) is 18.9 Å². The summed E-state index contributed by atoms with van der Waals surface area (Å²) in [4.78, 5) is 2.40. The molecule has 2 atom stereocenters. The molecule has 0 radical (unpaired) electrons. The molecule has 3 rings (SSSR count). The van der Waals surface area contributed by atoms with E-state index in [0.717, 1.165) is 44.6 Å². The molecule has 0 unspecified atom stereocenters. The molecule has 0 bridgehead atoms. The first-order valence-electron chi connectivity index (χ1n) is 11.8. The van der Waals surface area contributed by atoms with Gasteiger partial charge in [-0.05, 0) is 48.4 Å². The highest BCUT2D eigenvalue weighted by Gasteiger charge is 2.19. The molecule has 1 fully saturated rings. The second kappa shape index (κ2) is 12.9. The van der Waals surface area contributed by atoms with E-state index in [1.807, 2.05) is 31.2 Å². The first-order valence-corrected chi connectivity index (χ1v) is 13.9. The Kier molecular flexibility index (Phi) is 10.0. The molecule has 0 amide bonds. The summed E-state index contributed by atoms with van der Waals surface area (Å²) in [5, 5.41) is 15.9. The van der Waals surface area contributed by atoms with Gasteiger partial charge >= 0.3 is 0 Å². The van der Waals surface area contributed by atoms with Crippen molar-refractivity contribution >= 4 is 15.5 Å². The van der Waals surface area contributed by atoms with Gasteiger partial charge in [0.15, 0.2) is 0 Å². The van der Waals surface area contributed by atoms with Crippen molar-refractivity contribution in [3.05, 3.63) is 54.1 Å². The van der Waals surface area contributed by atoms with E-state index in [9.17, 15) is 13.5 Å². The first-order chi connectivity index (χ1) is 16.4. The minimum absolute atomic E-state index is 0.144. The molecule has 3 N–H and O–H groups in total. The predicted molar refractivity (Wildman–Crippen MR) is 136 cm³/mol. The minimum Gasteiger partial charge on any atom is -0.493 e. The lowest BCUT2D eigenvalue weighted by Gasteiger charge is -2.29. The van der Waals surface area contributed by atoms with Gasteiger partial charge in [-0.1, -0.05) is 19.1 Å². The molecule has 0 aromatic heterocycles. The Morgan fingerprint density at radius 3 is 2.29 bits per heavy atom. The number of benzene rings is 2. The summed E-state index contributed by atoms with van der Waals surface area (Å²) < 4.78 is 34.8. The molecular weight excluding hydrogens is 454 g/mol. The average molecular weight is 492 g/mol. The highest BCUT2D eigenvalue weighted by molar-refractivity contribution is 7.90. The van der Waals surface area contributed by atoms with Crippen LogP contribution in [0.5, 0.6) is 11.5 Å². The van der Waals surface area contributed by atoms with E-state index in [2.05, 4.69) is 39.8 Å². The van der Waals surface area contributed by atoms with Gasteiger partial charge in [-0.3, -0.25) is 5.32 Å². The Balaban J connectivity index is 1.44. The largest absolute Gasteiger partial charge is 0.493 e. The van der Waals surface area contributed by atoms with Crippen molar-refractivity contribution in [1.82, 2.24) is 10.6 Å². The standard InChI is InChI=1S/C25H37N3O5S/c1-3-25(27-21(18-29)19-34(2,30)31)33-24-10-8-23(9-11-24)32-17-12-20-4-6-22(7-5-20)28-15-13-26-14-16-28/h4-11,21,25-27,29H,3,12-19H2,1-2H3/t21-,25-/m0/s1. The fourth-order valence-corrected chi connectivity index (χ4v) is 4.81. The van der Waals surface area contributed by atoms with Gasteiger partial charge < -0.3 is 24.8 Å². The number of nitrogens with zero attached hydrogens (tertiary/aromatic N) is 1. The summed E-state index contributed by atoms with van der Waals surface area (Å²) in [6, 6.07) is 15.5. The molecule has 34 heavy (non-hydrogen) atoms. The van der Waals surface area contributed by atoms with Crippen LogP contribution in [-0.2, 0) is 16.3 Å². The van der Waals surface area contributed by atoms with Gasteiger partial charge in [0.25, 0.3) is 0 Å². The third kappa shape index (κ3) is 8.79. The maximum atomic E-state index is 11.5. The summed E-state index contributed by atoms with van der Waals surface area (Å²) >= 11 is 0. The number of nitrogens with one attached hydrogen (secondary N) is 2. The van der Waals surface area contributed by atoms with Gasteiger partial charge in [-0.25, -0.2) is 8.42 Å².